The summed E-state index contributed by atoms with van der Waals surface area (Å²) in [5.74, 6) is 1.11. The van der Waals surface area contributed by atoms with E-state index in [4.69, 9.17) is 0 Å². The summed E-state index contributed by atoms with van der Waals surface area (Å²) < 4.78 is 2.18. The molecule has 2 heterocycles. The highest BCUT2D eigenvalue weighted by Crippen LogP contribution is 2.20. The zero-order valence-corrected chi connectivity index (χ0v) is 12.1. The summed E-state index contributed by atoms with van der Waals surface area (Å²) in [5.41, 5.74) is 3.40. The summed E-state index contributed by atoms with van der Waals surface area (Å²) >= 11 is 0. The predicted molar refractivity (Wildman–Crippen MR) is 77.1 cm³/mol. The fourth-order valence-corrected chi connectivity index (χ4v) is 2.43. The molecule has 0 aromatic carbocycles. The molecule has 0 amide bonds. The Bertz CT molecular complexity index is 545. The van der Waals surface area contributed by atoms with Gasteiger partial charge in [0.2, 0.25) is 0 Å². The number of rotatable bonds is 5. The van der Waals surface area contributed by atoms with E-state index in [9.17, 15) is 0 Å². The number of aryl methyl sites for hydroxylation is 3. The number of hydrogen-bond acceptors (Lipinski definition) is 3. The molecule has 0 aliphatic heterocycles. The normalized spacial score (nSPS) is 12.6. The van der Waals surface area contributed by atoms with Crippen LogP contribution in [0.25, 0.3) is 0 Å². The highest BCUT2D eigenvalue weighted by atomic mass is 15.1. The third kappa shape index (κ3) is 3.01. The molecule has 0 spiro atoms. The minimum atomic E-state index is 0.251. The van der Waals surface area contributed by atoms with Crippen molar-refractivity contribution in [2.24, 2.45) is 0 Å². The molecule has 0 aliphatic carbocycles. The summed E-state index contributed by atoms with van der Waals surface area (Å²) in [6.45, 7) is 7.18. The van der Waals surface area contributed by atoms with E-state index in [1.807, 2.05) is 26.4 Å². The van der Waals surface area contributed by atoms with Crippen LogP contribution in [0.4, 0.5) is 0 Å². The van der Waals surface area contributed by atoms with Crippen LogP contribution >= 0.6 is 0 Å². The van der Waals surface area contributed by atoms with Gasteiger partial charge in [0.25, 0.3) is 0 Å². The van der Waals surface area contributed by atoms with Crippen LogP contribution < -0.4 is 5.32 Å². The van der Waals surface area contributed by atoms with E-state index in [0.717, 1.165) is 30.2 Å². The van der Waals surface area contributed by atoms with Crippen LogP contribution in [0, 0.1) is 13.8 Å². The minimum Gasteiger partial charge on any atom is -0.335 e. The Morgan fingerprint density at radius 3 is 2.74 bits per heavy atom. The molecule has 0 saturated heterocycles. The molecule has 0 bridgehead atoms. The van der Waals surface area contributed by atoms with Gasteiger partial charge in [-0.15, -0.1) is 0 Å². The second-order valence-corrected chi connectivity index (χ2v) is 4.80. The Balaban J connectivity index is 2.25. The number of nitrogens with one attached hydrogen (secondary N) is 1. The number of nitrogens with zero attached hydrogens (tertiary/aromatic N) is 3. The molecular formula is C15H22N4. The lowest BCUT2D eigenvalue weighted by atomic mass is 10.0. The Hall–Kier alpha value is -1.68. The molecule has 19 heavy (non-hydrogen) atoms. The number of aromatic nitrogens is 3. The first-order valence-corrected chi connectivity index (χ1v) is 6.77. The molecule has 0 fully saturated rings. The van der Waals surface area contributed by atoms with E-state index in [0.29, 0.717) is 0 Å². The summed E-state index contributed by atoms with van der Waals surface area (Å²) in [7, 11) is 1.99. The van der Waals surface area contributed by atoms with E-state index in [-0.39, 0.29) is 6.04 Å². The monoisotopic (exact) mass is 258 g/mol. The molecule has 0 saturated carbocycles. The maximum absolute atomic E-state index is 4.55. The lowest BCUT2D eigenvalue weighted by Crippen LogP contribution is -2.22. The quantitative estimate of drug-likeness (QED) is 0.895. The second-order valence-electron chi connectivity index (χ2n) is 4.80. The van der Waals surface area contributed by atoms with Crippen LogP contribution in [0.2, 0.25) is 0 Å². The maximum Gasteiger partial charge on any atom is 0.110 e. The third-order valence-electron chi connectivity index (χ3n) is 3.52. The van der Waals surface area contributed by atoms with E-state index in [1.54, 1.807) is 0 Å². The fraction of sp³-hybridized carbons (Fsp3) is 0.467. The van der Waals surface area contributed by atoms with Crippen molar-refractivity contribution in [3.8, 4) is 0 Å². The van der Waals surface area contributed by atoms with Crippen LogP contribution in [0.5, 0.6) is 0 Å². The highest BCUT2D eigenvalue weighted by molar-refractivity contribution is 5.26. The summed E-state index contributed by atoms with van der Waals surface area (Å²) in [6.07, 6.45) is 4.77. The molecular weight excluding hydrogens is 236 g/mol. The smallest absolute Gasteiger partial charge is 0.110 e. The number of imidazole rings is 1. The van der Waals surface area contributed by atoms with Gasteiger partial charge in [0.1, 0.15) is 5.82 Å². The maximum atomic E-state index is 4.55. The number of pyridine rings is 1. The highest BCUT2D eigenvalue weighted by Gasteiger charge is 2.15. The molecule has 1 unspecified atom stereocenters. The lowest BCUT2D eigenvalue weighted by molar-refractivity contribution is 0.548. The van der Waals surface area contributed by atoms with Gasteiger partial charge in [-0.05, 0) is 39.4 Å². The van der Waals surface area contributed by atoms with Gasteiger partial charge in [-0.3, -0.25) is 4.98 Å². The average molecular weight is 258 g/mol. The summed E-state index contributed by atoms with van der Waals surface area (Å²) in [6, 6.07) is 4.48. The molecule has 0 radical (unpaired) electrons. The largest absolute Gasteiger partial charge is 0.335 e. The zero-order chi connectivity index (χ0) is 13.8. The SMILES string of the molecule is CCn1ccnc1CC(NC)c1ccc(C)nc1C. The van der Waals surface area contributed by atoms with Crippen molar-refractivity contribution in [2.75, 3.05) is 7.05 Å². The number of hydrogen-bond donors (Lipinski definition) is 1. The minimum absolute atomic E-state index is 0.251. The second kappa shape index (κ2) is 5.97. The van der Waals surface area contributed by atoms with Gasteiger partial charge in [0.15, 0.2) is 0 Å². The molecule has 2 aromatic rings. The topological polar surface area (TPSA) is 42.7 Å². The van der Waals surface area contributed by atoms with Gasteiger partial charge in [-0.2, -0.15) is 0 Å². The zero-order valence-electron chi connectivity index (χ0n) is 12.1. The molecule has 1 atom stereocenters. The van der Waals surface area contributed by atoms with Gasteiger partial charge in [-0.25, -0.2) is 4.98 Å². The van der Waals surface area contributed by atoms with Crippen LogP contribution in [0.3, 0.4) is 0 Å². The molecule has 4 nitrogen and oxygen atoms in total. The Labute approximate surface area is 114 Å². The van der Waals surface area contributed by atoms with Gasteiger partial charge in [-0.1, -0.05) is 6.07 Å². The number of likely N-dealkylation sites (N-methyl/N-ethyl adjacent to an activating group) is 1. The van der Waals surface area contributed by atoms with Crippen molar-refractivity contribution in [1.29, 1.82) is 0 Å². The molecule has 4 heteroatoms. The van der Waals surface area contributed by atoms with E-state index in [2.05, 4.69) is 45.8 Å². The van der Waals surface area contributed by atoms with E-state index >= 15 is 0 Å². The first kappa shape index (κ1) is 13.7. The van der Waals surface area contributed by atoms with Crippen LogP contribution in [0.1, 0.15) is 35.7 Å². The van der Waals surface area contributed by atoms with Crippen LogP contribution in [-0.2, 0) is 13.0 Å². The van der Waals surface area contributed by atoms with Crippen LogP contribution in [0.15, 0.2) is 24.5 Å². The third-order valence-corrected chi connectivity index (χ3v) is 3.52. The predicted octanol–water partition coefficient (Wildman–Crippen LogP) is 2.42. The lowest BCUT2D eigenvalue weighted by Gasteiger charge is -2.19. The van der Waals surface area contributed by atoms with E-state index in [1.165, 1.54) is 5.56 Å². The molecule has 1 N–H and O–H groups in total. The van der Waals surface area contributed by atoms with E-state index < -0.39 is 0 Å². The average Bonchev–Trinajstić information content (AvgIpc) is 2.84. The van der Waals surface area contributed by atoms with Crippen molar-refractivity contribution in [1.82, 2.24) is 19.9 Å². The van der Waals surface area contributed by atoms with Gasteiger partial charge in [0, 0.05) is 42.8 Å². The van der Waals surface area contributed by atoms with Crippen molar-refractivity contribution in [3.63, 3.8) is 0 Å². The molecule has 2 rings (SSSR count). The van der Waals surface area contributed by atoms with Crippen molar-refractivity contribution >= 4 is 0 Å². The van der Waals surface area contributed by atoms with Crippen LogP contribution in [-0.4, -0.2) is 21.6 Å². The fourth-order valence-electron chi connectivity index (χ4n) is 2.43. The van der Waals surface area contributed by atoms with Gasteiger partial charge < -0.3 is 9.88 Å². The summed E-state index contributed by atoms with van der Waals surface area (Å²) in [5, 5.41) is 3.37. The Morgan fingerprint density at radius 1 is 1.32 bits per heavy atom. The molecule has 2 aromatic heterocycles. The standard InChI is InChI=1S/C15H22N4/c1-5-19-9-8-17-15(19)10-14(16-4)13-7-6-11(2)18-12(13)3/h6-9,14,16H,5,10H2,1-4H3. The molecule has 0 aliphatic rings. The van der Waals surface area contributed by atoms with Crippen molar-refractivity contribution in [3.05, 3.63) is 47.3 Å². The van der Waals surface area contributed by atoms with Gasteiger partial charge in [0.05, 0.1) is 0 Å². The Morgan fingerprint density at radius 2 is 2.11 bits per heavy atom. The first-order valence-electron chi connectivity index (χ1n) is 6.77. The summed E-state index contributed by atoms with van der Waals surface area (Å²) in [4.78, 5) is 9.00. The van der Waals surface area contributed by atoms with Crippen molar-refractivity contribution < 1.29 is 0 Å². The first-order chi connectivity index (χ1) is 9.15. The molecule has 102 valence electrons. The van der Waals surface area contributed by atoms with Crippen molar-refractivity contribution in [2.45, 2.75) is 39.8 Å². The van der Waals surface area contributed by atoms with Gasteiger partial charge >= 0.3 is 0 Å². The Kier molecular flexibility index (Phi) is 4.32.